The van der Waals surface area contributed by atoms with Crippen molar-refractivity contribution in [1.29, 1.82) is 0 Å². The molecule has 1 aromatic rings. The van der Waals surface area contributed by atoms with Crippen molar-refractivity contribution in [2.45, 2.75) is 72.3 Å². The number of aliphatic hydroxyl groups excluding tert-OH is 1. The van der Waals surface area contributed by atoms with Crippen molar-refractivity contribution in [2.75, 3.05) is 0 Å². The number of rotatable bonds is 3. The quantitative estimate of drug-likeness (QED) is 0.873. The topological polar surface area (TPSA) is 76.1 Å². The molecule has 0 bridgehead atoms. The Morgan fingerprint density at radius 3 is 1.68 bits per heavy atom. The van der Waals surface area contributed by atoms with Crippen molar-refractivity contribution in [3.05, 3.63) is 35.4 Å². The van der Waals surface area contributed by atoms with Crippen LogP contribution in [0.2, 0.25) is 0 Å². The SMILES string of the molecule is CC(c1ccc(CO)cc1)N(C(=O)OC(C)(C)C)C(=O)OC(C)(C)C. The summed E-state index contributed by atoms with van der Waals surface area (Å²) in [5.41, 5.74) is 0.00117. The van der Waals surface area contributed by atoms with Crippen LogP contribution in [0.15, 0.2) is 24.3 Å². The Bertz CT molecular complexity index is 568. The average Bonchev–Trinajstić information content (AvgIpc) is 2.43. The van der Waals surface area contributed by atoms with Crippen molar-refractivity contribution in [2.24, 2.45) is 0 Å². The van der Waals surface area contributed by atoms with E-state index < -0.39 is 29.4 Å². The van der Waals surface area contributed by atoms with Crippen LogP contribution in [-0.4, -0.2) is 33.4 Å². The summed E-state index contributed by atoms with van der Waals surface area (Å²) < 4.78 is 10.7. The van der Waals surface area contributed by atoms with E-state index in [1.165, 1.54) is 0 Å². The minimum atomic E-state index is -0.763. The first-order valence-electron chi connectivity index (χ1n) is 8.29. The fraction of sp³-hybridized carbons (Fsp3) is 0.579. The first kappa shape index (κ1) is 21.0. The maximum atomic E-state index is 12.6. The van der Waals surface area contributed by atoms with Gasteiger partial charge in [0, 0.05) is 0 Å². The second-order valence-corrected chi connectivity index (χ2v) is 7.91. The molecule has 0 saturated carbocycles. The molecule has 140 valence electrons. The van der Waals surface area contributed by atoms with Gasteiger partial charge in [-0.2, -0.15) is 0 Å². The van der Waals surface area contributed by atoms with Gasteiger partial charge in [-0.1, -0.05) is 24.3 Å². The molecular formula is C19H29NO5. The molecule has 1 aromatic carbocycles. The molecule has 0 spiro atoms. The third-order valence-electron chi connectivity index (χ3n) is 3.21. The maximum Gasteiger partial charge on any atom is 0.420 e. The summed E-state index contributed by atoms with van der Waals surface area (Å²) in [6.07, 6.45) is -1.53. The average molecular weight is 351 g/mol. The Hall–Kier alpha value is -2.08. The first-order chi connectivity index (χ1) is 11.3. The van der Waals surface area contributed by atoms with Crippen molar-refractivity contribution in [3.8, 4) is 0 Å². The van der Waals surface area contributed by atoms with Crippen LogP contribution in [0.1, 0.15) is 65.6 Å². The lowest BCUT2D eigenvalue weighted by atomic mass is 10.1. The van der Waals surface area contributed by atoms with E-state index in [2.05, 4.69) is 0 Å². The highest BCUT2D eigenvalue weighted by atomic mass is 16.6. The molecule has 6 heteroatoms. The Morgan fingerprint density at radius 1 is 0.960 bits per heavy atom. The number of hydrogen-bond donors (Lipinski definition) is 1. The molecule has 0 fully saturated rings. The van der Waals surface area contributed by atoms with Crippen molar-refractivity contribution >= 4 is 12.2 Å². The number of aliphatic hydroxyl groups is 1. The Labute approximate surface area is 149 Å². The molecule has 1 N–H and O–H groups in total. The van der Waals surface area contributed by atoms with Gasteiger partial charge in [-0.25, -0.2) is 14.5 Å². The second kappa shape index (κ2) is 7.87. The van der Waals surface area contributed by atoms with Crippen molar-refractivity contribution in [1.82, 2.24) is 4.90 Å². The zero-order valence-corrected chi connectivity index (χ0v) is 16.1. The number of benzene rings is 1. The molecule has 2 amide bonds. The Balaban J connectivity index is 3.14. The summed E-state index contributed by atoms with van der Waals surface area (Å²) in [6, 6.07) is 6.43. The number of carbonyl (C=O) groups excluding carboxylic acids is 2. The van der Waals surface area contributed by atoms with Gasteiger partial charge in [-0.05, 0) is 59.6 Å². The molecule has 1 unspecified atom stereocenters. The minimum absolute atomic E-state index is 0.0729. The van der Waals surface area contributed by atoms with Crippen LogP contribution < -0.4 is 0 Å². The third kappa shape index (κ3) is 6.74. The van der Waals surface area contributed by atoms with Gasteiger partial charge in [0.25, 0.3) is 0 Å². The highest BCUT2D eigenvalue weighted by molar-refractivity contribution is 5.88. The van der Waals surface area contributed by atoms with Crippen molar-refractivity contribution in [3.63, 3.8) is 0 Å². The van der Waals surface area contributed by atoms with E-state index in [1.807, 2.05) is 0 Å². The molecule has 1 atom stereocenters. The lowest BCUT2D eigenvalue weighted by Gasteiger charge is -2.32. The van der Waals surface area contributed by atoms with Gasteiger partial charge in [-0.15, -0.1) is 0 Å². The summed E-state index contributed by atoms with van der Waals surface area (Å²) in [5.74, 6) is 0. The van der Waals surface area contributed by atoms with E-state index in [0.717, 1.165) is 16.0 Å². The van der Waals surface area contributed by atoms with Crippen LogP contribution in [0.3, 0.4) is 0 Å². The molecule has 0 radical (unpaired) electrons. The van der Waals surface area contributed by atoms with E-state index in [-0.39, 0.29) is 6.61 Å². The van der Waals surface area contributed by atoms with E-state index in [1.54, 1.807) is 72.7 Å². The molecule has 0 aliphatic carbocycles. The van der Waals surface area contributed by atoms with Gasteiger partial charge >= 0.3 is 12.2 Å². The fourth-order valence-corrected chi connectivity index (χ4v) is 2.06. The van der Waals surface area contributed by atoms with Crippen LogP contribution in [0.4, 0.5) is 9.59 Å². The first-order valence-corrected chi connectivity index (χ1v) is 8.29. The number of nitrogens with zero attached hydrogens (tertiary/aromatic N) is 1. The van der Waals surface area contributed by atoms with E-state index in [0.29, 0.717) is 0 Å². The summed E-state index contributed by atoms with van der Waals surface area (Å²) in [4.78, 5) is 26.2. The molecule has 0 aliphatic rings. The summed E-state index contributed by atoms with van der Waals surface area (Å²) in [7, 11) is 0. The lowest BCUT2D eigenvalue weighted by molar-refractivity contribution is -0.00609. The number of carbonyl (C=O) groups is 2. The predicted molar refractivity (Wildman–Crippen MR) is 95.1 cm³/mol. The summed E-state index contributed by atoms with van der Waals surface area (Å²) in [5, 5.41) is 9.15. The molecule has 0 saturated heterocycles. The smallest absolute Gasteiger partial charge is 0.420 e. The van der Waals surface area contributed by atoms with Gasteiger partial charge in [0.1, 0.15) is 11.2 Å². The Morgan fingerprint density at radius 2 is 1.36 bits per heavy atom. The van der Waals surface area contributed by atoms with Gasteiger partial charge < -0.3 is 14.6 Å². The normalized spacial score (nSPS) is 13.1. The molecule has 0 heterocycles. The molecule has 1 rings (SSSR count). The Kier molecular flexibility index (Phi) is 6.60. The lowest BCUT2D eigenvalue weighted by Crippen LogP contribution is -2.44. The standard InChI is InChI=1S/C19H29NO5/c1-13(15-10-8-14(12-21)9-11-15)20(16(22)24-18(2,3)4)17(23)25-19(5,6)7/h8-11,13,21H,12H2,1-7H3. The number of hydrogen-bond acceptors (Lipinski definition) is 5. The van der Waals surface area contributed by atoms with E-state index in [9.17, 15) is 9.59 Å². The molecule has 0 aromatic heterocycles. The minimum Gasteiger partial charge on any atom is -0.443 e. The third-order valence-corrected chi connectivity index (χ3v) is 3.21. The zero-order valence-electron chi connectivity index (χ0n) is 16.1. The van der Waals surface area contributed by atoms with Gasteiger partial charge in [0.2, 0.25) is 0 Å². The van der Waals surface area contributed by atoms with Gasteiger partial charge in [0.05, 0.1) is 12.6 Å². The predicted octanol–water partition coefficient (Wildman–Crippen LogP) is 4.41. The highest BCUT2D eigenvalue weighted by Gasteiger charge is 2.35. The molecule has 6 nitrogen and oxygen atoms in total. The van der Waals surface area contributed by atoms with Gasteiger partial charge in [-0.3, -0.25) is 0 Å². The second-order valence-electron chi connectivity index (χ2n) is 7.91. The van der Waals surface area contributed by atoms with Crippen LogP contribution in [-0.2, 0) is 16.1 Å². The molecule has 25 heavy (non-hydrogen) atoms. The molecular weight excluding hydrogens is 322 g/mol. The largest absolute Gasteiger partial charge is 0.443 e. The van der Waals surface area contributed by atoms with E-state index in [4.69, 9.17) is 14.6 Å². The fourth-order valence-electron chi connectivity index (χ4n) is 2.06. The maximum absolute atomic E-state index is 12.6. The zero-order chi connectivity index (χ0) is 19.4. The monoisotopic (exact) mass is 351 g/mol. The van der Waals surface area contributed by atoms with Crippen LogP contribution in [0.5, 0.6) is 0 Å². The van der Waals surface area contributed by atoms with Crippen LogP contribution in [0.25, 0.3) is 0 Å². The van der Waals surface area contributed by atoms with E-state index >= 15 is 0 Å². The van der Waals surface area contributed by atoms with Crippen LogP contribution in [0, 0.1) is 0 Å². The number of ether oxygens (including phenoxy) is 2. The summed E-state index contributed by atoms with van der Waals surface area (Å²) in [6.45, 7) is 12.1. The summed E-state index contributed by atoms with van der Waals surface area (Å²) >= 11 is 0. The molecule has 0 aliphatic heterocycles. The highest BCUT2D eigenvalue weighted by Crippen LogP contribution is 2.25. The van der Waals surface area contributed by atoms with Gasteiger partial charge in [0.15, 0.2) is 0 Å². The van der Waals surface area contributed by atoms with Crippen molar-refractivity contribution < 1.29 is 24.2 Å². The number of imide groups is 1. The number of amides is 2. The van der Waals surface area contributed by atoms with Crippen LogP contribution >= 0.6 is 0 Å².